The maximum absolute atomic E-state index is 5.69. The molecule has 0 saturated carbocycles. The van der Waals surface area contributed by atoms with Crippen molar-refractivity contribution in [2.24, 2.45) is 0 Å². The van der Waals surface area contributed by atoms with Crippen molar-refractivity contribution in [2.75, 3.05) is 5.73 Å². The fourth-order valence-electron chi connectivity index (χ4n) is 2.22. The zero-order valence-corrected chi connectivity index (χ0v) is 13.8. The minimum atomic E-state index is 0.488. The second-order valence-electron chi connectivity index (χ2n) is 5.36. The van der Waals surface area contributed by atoms with E-state index >= 15 is 0 Å². The van der Waals surface area contributed by atoms with Gasteiger partial charge in [0.25, 0.3) is 0 Å². The first-order valence-corrected chi connectivity index (χ1v) is 7.37. The fraction of sp³-hybridized carbons (Fsp3) is 0.167. The fourth-order valence-corrected chi connectivity index (χ4v) is 2.39. The second-order valence-corrected chi connectivity index (χ2v) is 5.82. The van der Waals surface area contributed by atoms with Gasteiger partial charge in [0, 0.05) is 33.1 Å². The van der Waals surface area contributed by atoms with Gasteiger partial charge in [-0.1, -0.05) is 30.3 Å². The Morgan fingerprint density at radius 2 is 1.91 bits per heavy atom. The number of aryl methyl sites for hydroxylation is 3. The predicted molar refractivity (Wildman–Crippen MR) is 96.0 cm³/mol. The molecule has 0 saturated heterocycles. The van der Waals surface area contributed by atoms with Crippen molar-refractivity contribution in [1.82, 2.24) is 9.97 Å². The summed E-state index contributed by atoms with van der Waals surface area (Å²) in [5, 5.41) is 1.73. The Balaban J connectivity index is 0.000000160. The van der Waals surface area contributed by atoms with Gasteiger partial charge in [0.05, 0.1) is 11.7 Å². The van der Waals surface area contributed by atoms with E-state index in [1.807, 2.05) is 38.2 Å². The highest BCUT2D eigenvalue weighted by molar-refractivity contribution is 6.48. The number of hydrogen-bond acceptors (Lipinski definition) is 2. The summed E-state index contributed by atoms with van der Waals surface area (Å²) in [7, 11) is 0. The zero-order chi connectivity index (χ0) is 16.3. The maximum Gasteiger partial charge on any atom is 0.0642 e. The largest absolute Gasteiger partial charge is 0.398 e. The van der Waals surface area contributed by atoms with E-state index in [1.165, 1.54) is 11.1 Å². The number of aromatic amines is 1. The molecule has 1 aromatic carbocycles. The molecule has 3 aromatic rings. The van der Waals surface area contributed by atoms with Crippen molar-refractivity contribution >= 4 is 33.2 Å². The van der Waals surface area contributed by atoms with Crippen LogP contribution < -0.4 is 5.73 Å². The van der Waals surface area contributed by atoms with Crippen LogP contribution in [-0.4, -0.2) is 9.97 Å². The van der Waals surface area contributed by atoms with Crippen molar-refractivity contribution in [1.29, 1.82) is 0 Å². The van der Waals surface area contributed by atoms with Gasteiger partial charge in [-0.05, 0) is 44.5 Å². The molecular weight excluding hydrogens is 294 g/mol. The van der Waals surface area contributed by atoms with E-state index < -0.39 is 0 Å². The molecule has 2 heterocycles. The topological polar surface area (TPSA) is 54.7 Å². The van der Waals surface area contributed by atoms with Gasteiger partial charge in [-0.15, -0.1) is 0 Å². The van der Waals surface area contributed by atoms with Gasteiger partial charge >= 0.3 is 0 Å². The highest BCUT2D eigenvalue weighted by atomic mass is 35.5. The molecule has 0 aliphatic heterocycles. The predicted octanol–water partition coefficient (Wildman–Crippen LogP) is 4.97. The number of nitrogens with one attached hydrogen (secondary N) is 1. The first kappa shape index (κ1) is 16.1. The molecule has 0 spiro atoms. The van der Waals surface area contributed by atoms with Gasteiger partial charge in [-0.25, -0.2) is 0 Å². The van der Waals surface area contributed by atoms with Crippen LogP contribution in [0.4, 0.5) is 5.69 Å². The summed E-state index contributed by atoms with van der Waals surface area (Å²) < 4.78 is 0. The third kappa shape index (κ3) is 3.89. The SMILES string of the molecule is C=C(Cl)c1ccc(C)cc1N.Cc1cc2cc(C)[nH]c2cn1. The molecule has 2 aromatic heterocycles. The van der Waals surface area contributed by atoms with Gasteiger partial charge in [-0.3, -0.25) is 4.98 Å². The Morgan fingerprint density at radius 3 is 2.55 bits per heavy atom. The van der Waals surface area contributed by atoms with E-state index in [0.29, 0.717) is 10.7 Å². The average molecular weight is 314 g/mol. The first-order chi connectivity index (χ1) is 10.4. The molecule has 0 radical (unpaired) electrons. The lowest BCUT2D eigenvalue weighted by Crippen LogP contribution is -1.90. The zero-order valence-electron chi connectivity index (χ0n) is 13.1. The van der Waals surface area contributed by atoms with Crippen molar-refractivity contribution in [3.8, 4) is 0 Å². The van der Waals surface area contributed by atoms with Crippen molar-refractivity contribution < 1.29 is 0 Å². The number of nitrogens with zero attached hydrogens (tertiary/aromatic N) is 1. The van der Waals surface area contributed by atoms with Crippen LogP contribution in [0.1, 0.15) is 22.5 Å². The van der Waals surface area contributed by atoms with Crippen molar-refractivity contribution in [3.63, 3.8) is 0 Å². The number of benzene rings is 1. The molecule has 4 heteroatoms. The number of rotatable bonds is 1. The van der Waals surface area contributed by atoms with E-state index in [9.17, 15) is 0 Å². The number of halogens is 1. The highest BCUT2D eigenvalue weighted by Crippen LogP contribution is 2.23. The summed E-state index contributed by atoms with van der Waals surface area (Å²) in [5.41, 5.74) is 11.7. The quantitative estimate of drug-likeness (QED) is 0.623. The highest BCUT2D eigenvalue weighted by Gasteiger charge is 1.99. The molecule has 0 unspecified atom stereocenters. The molecular formula is C18H20ClN3. The smallest absolute Gasteiger partial charge is 0.0642 e. The number of fused-ring (bicyclic) bond motifs is 1. The Morgan fingerprint density at radius 1 is 1.18 bits per heavy atom. The molecule has 0 atom stereocenters. The lowest BCUT2D eigenvalue weighted by atomic mass is 10.1. The summed E-state index contributed by atoms with van der Waals surface area (Å²) in [4.78, 5) is 7.41. The van der Waals surface area contributed by atoms with Gasteiger partial charge in [-0.2, -0.15) is 0 Å². The number of hydrogen-bond donors (Lipinski definition) is 2. The average Bonchev–Trinajstić information content (AvgIpc) is 2.78. The third-order valence-corrected chi connectivity index (χ3v) is 3.48. The van der Waals surface area contributed by atoms with E-state index in [4.69, 9.17) is 17.3 Å². The summed E-state index contributed by atoms with van der Waals surface area (Å²) in [5.74, 6) is 0. The Labute approximate surface area is 135 Å². The number of H-pyrrole nitrogens is 1. The van der Waals surface area contributed by atoms with Crippen LogP contribution in [0.3, 0.4) is 0 Å². The summed E-state index contributed by atoms with van der Waals surface area (Å²) >= 11 is 5.69. The molecule has 3 nitrogen and oxygen atoms in total. The van der Waals surface area contributed by atoms with Crippen LogP contribution >= 0.6 is 11.6 Å². The molecule has 22 heavy (non-hydrogen) atoms. The molecule has 3 N–H and O–H groups in total. The summed E-state index contributed by atoms with van der Waals surface area (Å²) in [6, 6.07) is 9.92. The van der Waals surface area contributed by atoms with Crippen molar-refractivity contribution in [2.45, 2.75) is 20.8 Å². The molecule has 0 aliphatic carbocycles. The molecule has 0 fully saturated rings. The van der Waals surface area contributed by atoms with Crippen LogP contribution in [-0.2, 0) is 0 Å². The molecule has 0 bridgehead atoms. The van der Waals surface area contributed by atoms with Gasteiger partial charge in [0.2, 0.25) is 0 Å². The Kier molecular flexibility index (Phi) is 4.88. The minimum absolute atomic E-state index is 0.488. The molecule has 0 aliphatic rings. The van der Waals surface area contributed by atoms with Gasteiger partial charge in [0.15, 0.2) is 0 Å². The lowest BCUT2D eigenvalue weighted by Gasteiger charge is -2.03. The molecule has 3 rings (SSSR count). The lowest BCUT2D eigenvalue weighted by molar-refractivity contribution is 1.21. The van der Waals surface area contributed by atoms with Gasteiger partial charge < -0.3 is 10.7 Å². The van der Waals surface area contributed by atoms with Crippen LogP contribution in [0.2, 0.25) is 0 Å². The number of nitrogen functional groups attached to an aromatic ring is 1. The monoisotopic (exact) mass is 313 g/mol. The van der Waals surface area contributed by atoms with Crippen LogP contribution in [0.15, 0.2) is 43.1 Å². The summed E-state index contributed by atoms with van der Waals surface area (Å²) in [6.07, 6.45) is 1.87. The van der Waals surface area contributed by atoms with Crippen LogP contribution in [0.25, 0.3) is 15.9 Å². The van der Waals surface area contributed by atoms with E-state index in [2.05, 4.69) is 35.6 Å². The van der Waals surface area contributed by atoms with Crippen LogP contribution in [0.5, 0.6) is 0 Å². The van der Waals surface area contributed by atoms with Crippen molar-refractivity contribution in [3.05, 3.63) is 65.6 Å². The first-order valence-electron chi connectivity index (χ1n) is 6.99. The number of anilines is 1. The normalized spacial score (nSPS) is 10.2. The summed E-state index contributed by atoms with van der Waals surface area (Å²) in [6.45, 7) is 9.64. The molecule has 114 valence electrons. The minimum Gasteiger partial charge on any atom is -0.398 e. The van der Waals surface area contributed by atoms with E-state index in [-0.39, 0.29) is 0 Å². The van der Waals surface area contributed by atoms with E-state index in [1.54, 1.807) is 0 Å². The number of aromatic nitrogens is 2. The number of pyridine rings is 1. The van der Waals surface area contributed by atoms with E-state index in [0.717, 1.165) is 22.3 Å². The van der Waals surface area contributed by atoms with Crippen LogP contribution in [0, 0.1) is 20.8 Å². The second kappa shape index (κ2) is 6.67. The maximum atomic E-state index is 5.69. The standard InChI is InChI=1S/C9H10ClN.C9H10N2/c1-6-3-4-8(7(2)10)9(11)5-6;1-6-3-8-4-7(2)11-9(8)5-10-6/h3-5H,2,11H2,1H3;3-5,11H,1-2H3. The number of nitrogens with two attached hydrogens (primary N) is 1. The Bertz CT molecular complexity index is 818. The third-order valence-electron chi connectivity index (χ3n) is 3.28. The Hall–Kier alpha value is -2.26. The molecule has 0 amide bonds. The van der Waals surface area contributed by atoms with Gasteiger partial charge in [0.1, 0.15) is 0 Å².